The minimum Gasteiger partial charge on any atom is -0.505 e. The Morgan fingerprint density at radius 3 is 2.59 bits per heavy atom. The van der Waals surface area contributed by atoms with Crippen LogP contribution in [0, 0.1) is 0 Å². The van der Waals surface area contributed by atoms with E-state index in [-0.39, 0.29) is 0 Å². The second kappa shape index (κ2) is 5.15. The highest BCUT2D eigenvalue weighted by molar-refractivity contribution is 5.87. The summed E-state index contributed by atoms with van der Waals surface area (Å²) in [7, 11) is 0. The van der Waals surface area contributed by atoms with Gasteiger partial charge in [-0.15, -0.1) is 0 Å². The van der Waals surface area contributed by atoms with Gasteiger partial charge < -0.3 is 5.11 Å². The lowest BCUT2D eigenvalue weighted by atomic mass is 10.1. The molecule has 2 aromatic rings. The average molecular weight is 230 g/mol. The summed E-state index contributed by atoms with van der Waals surface area (Å²) in [5, 5.41) is 12.1. The van der Waals surface area contributed by atoms with E-state index in [1.165, 1.54) is 0 Å². The van der Waals surface area contributed by atoms with Crippen molar-refractivity contribution in [2.45, 2.75) is 20.4 Å². The molecule has 0 saturated carbocycles. The fourth-order valence-electron chi connectivity index (χ4n) is 1.96. The first kappa shape index (κ1) is 11.9. The number of nitrogens with zero attached hydrogens (tertiary/aromatic N) is 2. The zero-order valence-corrected chi connectivity index (χ0v) is 10.3. The van der Waals surface area contributed by atoms with Crippen LogP contribution in [-0.4, -0.2) is 28.1 Å². The molecular weight excluding hydrogens is 212 g/mol. The molecule has 0 unspecified atom stereocenters. The van der Waals surface area contributed by atoms with E-state index in [4.69, 9.17) is 0 Å². The van der Waals surface area contributed by atoms with Crippen LogP contribution < -0.4 is 0 Å². The third-order valence-corrected chi connectivity index (χ3v) is 3.12. The van der Waals surface area contributed by atoms with Gasteiger partial charge in [0.15, 0.2) is 0 Å². The molecule has 0 saturated heterocycles. The van der Waals surface area contributed by atoms with Crippen molar-refractivity contribution < 1.29 is 5.11 Å². The zero-order chi connectivity index (χ0) is 12.3. The van der Waals surface area contributed by atoms with Gasteiger partial charge in [-0.2, -0.15) is 0 Å². The van der Waals surface area contributed by atoms with Crippen molar-refractivity contribution in [1.29, 1.82) is 0 Å². The highest BCUT2D eigenvalue weighted by Crippen LogP contribution is 2.27. The Kier molecular flexibility index (Phi) is 3.59. The molecule has 3 heteroatoms. The van der Waals surface area contributed by atoms with Gasteiger partial charge in [0, 0.05) is 23.5 Å². The van der Waals surface area contributed by atoms with Gasteiger partial charge in [0.2, 0.25) is 0 Å². The summed E-state index contributed by atoms with van der Waals surface area (Å²) in [6.45, 7) is 6.85. The van der Waals surface area contributed by atoms with Gasteiger partial charge in [0.25, 0.3) is 0 Å². The number of pyridine rings is 1. The van der Waals surface area contributed by atoms with Gasteiger partial charge in [-0.3, -0.25) is 9.88 Å². The molecule has 0 bridgehead atoms. The van der Waals surface area contributed by atoms with Gasteiger partial charge >= 0.3 is 0 Å². The first-order valence-corrected chi connectivity index (χ1v) is 6.04. The summed E-state index contributed by atoms with van der Waals surface area (Å²) in [6.07, 6.45) is 1.83. The van der Waals surface area contributed by atoms with E-state index in [9.17, 15) is 5.11 Å². The second-order valence-corrected chi connectivity index (χ2v) is 4.10. The molecule has 1 aromatic carbocycles. The van der Waals surface area contributed by atoms with Crippen LogP contribution in [0.2, 0.25) is 0 Å². The van der Waals surface area contributed by atoms with Crippen molar-refractivity contribution >= 4 is 10.8 Å². The number of benzene rings is 1. The Labute approximate surface area is 102 Å². The van der Waals surface area contributed by atoms with Crippen LogP contribution >= 0.6 is 0 Å². The molecule has 3 nitrogen and oxygen atoms in total. The summed E-state index contributed by atoms with van der Waals surface area (Å²) in [5.74, 6) is 0.315. The molecule has 0 aliphatic rings. The third kappa shape index (κ3) is 2.39. The largest absolute Gasteiger partial charge is 0.505 e. The Morgan fingerprint density at radius 1 is 1.18 bits per heavy atom. The first-order valence-electron chi connectivity index (χ1n) is 6.04. The molecule has 0 spiro atoms. The Balaban J connectivity index is 2.38. The predicted molar refractivity (Wildman–Crippen MR) is 70.0 cm³/mol. The van der Waals surface area contributed by atoms with E-state index in [2.05, 4.69) is 23.7 Å². The topological polar surface area (TPSA) is 36.4 Å². The van der Waals surface area contributed by atoms with E-state index in [1.807, 2.05) is 30.5 Å². The number of fused-ring (bicyclic) bond motifs is 1. The van der Waals surface area contributed by atoms with E-state index < -0.39 is 0 Å². The molecule has 1 heterocycles. The molecule has 0 fully saturated rings. The van der Waals surface area contributed by atoms with Crippen LogP contribution in [0.5, 0.6) is 5.75 Å². The van der Waals surface area contributed by atoms with Gasteiger partial charge in [-0.1, -0.05) is 38.1 Å². The van der Waals surface area contributed by atoms with Gasteiger partial charge in [0.1, 0.15) is 5.75 Å². The molecule has 0 aliphatic carbocycles. The number of rotatable bonds is 4. The van der Waals surface area contributed by atoms with Crippen molar-refractivity contribution in [3.63, 3.8) is 0 Å². The van der Waals surface area contributed by atoms with E-state index in [0.29, 0.717) is 12.3 Å². The molecule has 0 radical (unpaired) electrons. The highest BCUT2D eigenvalue weighted by Gasteiger charge is 2.10. The molecule has 0 aliphatic heterocycles. The van der Waals surface area contributed by atoms with Crippen molar-refractivity contribution in [3.8, 4) is 5.75 Å². The van der Waals surface area contributed by atoms with Crippen LogP contribution in [0.1, 0.15) is 19.5 Å². The van der Waals surface area contributed by atoms with Gasteiger partial charge in [-0.25, -0.2) is 0 Å². The van der Waals surface area contributed by atoms with Gasteiger partial charge in [0.05, 0.1) is 5.69 Å². The van der Waals surface area contributed by atoms with Crippen LogP contribution in [-0.2, 0) is 6.54 Å². The summed E-state index contributed by atoms with van der Waals surface area (Å²) in [6, 6.07) is 7.78. The lowest BCUT2D eigenvalue weighted by Gasteiger charge is -2.18. The van der Waals surface area contributed by atoms with E-state index in [0.717, 1.165) is 29.6 Å². The molecule has 17 heavy (non-hydrogen) atoms. The zero-order valence-electron chi connectivity index (χ0n) is 10.3. The first-order chi connectivity index (χ1) is 8.26. The van der Waals surface area contributed by atoms with Crippen LogP contribution in [0.4, 0.5) is 0 Å². The standard InChI is InChI=1S/C14H18N2O/c1-3-16(4-2)10-13-14(17)12-8-6-5-7-11(12)9-15-13/h5-9,17H,3-4,10H2,1-2H3. The van der Waals surface area contributed by atoms with E-state index in [1.54, 1.807) is 0 Å². The van der Waals surface area contributed by atoms with Gasteiger partial charge in [-0.05, 0) is 13.1 Å². The minimum absolute atomic E-state index is 0.315. The number of hydrogen-bond donors (Lipinski definition) is 1. The molecule has 1 aromatic heterocycles. The molecule has 0 atom stereocenters. The average Bonchev–Trinajstić information content (AvgIpc) is 2.38. The Hall–Kier alpha value is -1.61. The highest BCUT2D eigenvalue weighted by atomic mass is 16.3. The predicted octanol–water partition coefficient (Wildman–Crippen LogP) is 2.78. The SMILES string of the molecule is CCN(CC)Cc1ncc2ccccc2c1O. The minimum atomic E-state index is 0.315. The number of aromatic nitrogens is 1. The van der Waals surface area contributed by atoms with Crippen LogP contribution in [0.25, 0.3) is 10.8 Å². The summed E-state index contributed by atoms with van der Waals surface area (Å²) < 4.78 is 0. The van der Waals surface area contributed by atoms with Crippen molar-refractivity contribution in [3.05, 3.63) is 36.2 Å². The van der Waals surface area contributed by atoms with E-state index >= 15 is 0 Å². The normalized spacial score (nSPS) is 11.2. The molecule has 1 N–H and O–H groups in total. The maximum Gasteiger partial charge on any atom is 0.146 e. The number of aromatic hydroxyl groups is 1. The summed E-state index contributed by atoms with van der Waals surface area (Å²) >= 11 is 0. The summed E-state index contributed by atoms with van der Waals surface area (Å²) in [5.41, 5.74) is 0.757. The maximum atomic E-state index is 10.2. The molecule has 90 valence electrons. The fourth-order valence-corrected chi connectivity index (χ4v) is 1.96. The lowest BCUT2D eigenvalue weighted by Crippen LogP contribution is -2.22. The third-order valence-electron chi connectivity index (χ3n) is 3.12. The lowest BCUT2D eigenvalue weighted by molar-refractivity contribution is 0.287. The maximum absolute atomic E-state index is 10.2. The summed E-state index contributed by atoms with van der Waals surface area (Å²) in [4.78, 5) is 6.58. The molecule has 2 rings (SSSR count). The monoisotopic (exact) mass is 230 g/mol. The second-order valence-electron chi connectivity index (χ2n) is 4.10. The number of hydrogen-bond acceptors (Lipinski definition) is 3. The van der Waals surface area contributed by atoms with Crippen LogP contribution in [0.15, 0.2) is 30.5 Å². The van der Waals surface area contributed by atoms with Crippen LogP contribution in [0.3, 0.4) is 0 Å². The smallest absolute Gasteiger partial charge is 0.146 e. The van der Waals surface area contributed by atoms with Crippen molar-refractivity contribution in [2.75, 3.05) is 13.1 Å². The Morgan fingerprint density at radius 2 is 1.88 bits per heavy atom. The van der Waals surface area contributed by atoms with Crippen molar-refractivity contribution in [1.82, 2.24) is 9.88 Å². The molecule has 0 amide bonds. The quantitative estimate of drug-likeness (QED) is 0.877. The van der Waals surface area contributed by atoms with Crippen molar-refractivity contribution in [2.24, 2.45) is 0 Å². The fraction of sp³-hybridized carbons (Fsp3) is 0.357. The Bertz CT molecular complexity index is 507. The molecular formula is C14H18N2O.